The molecule has 0 unspecified atom stereocenters. The fourth-order valence-electron chi connectivity index (χ4n) is 3.25. The van der Waals surface area contributed by atoms with Crippen molar-refractivity contribution in [3.8, 4) is 0 Å². The van der Waals surface area contributed by atoms with E-state index in [1.165, 1.54) is 24.3 Å². The predicted molar refractivity (Wildman–Crippen MR) is 100 cm³/mol. The summed E-state index contributed by atoms with van der Waals surface area (Å²) >= 11 is 5.86. The number of carboxylic acids is 1. The molecule has 1 N–H and O–H groups in total. The van der Waals surface area contributed by atoms with Crippen molar-refractivity contribution in [2.75, 3.05) is 4.90 Å². The van der Waals surface area contributed by atoms with Crippen LogP contribution in [-0.4, -0.2) is 27.8 Å². The highest BCUT2D eigenvalue weighted by atomic mass is 35.5. The molecular weight excluding hydrogens is 388 g/mol. The number of nitrogens with zero attached hydrogens (tertiary/aromatic N) is 2. The molecule has 1 aliphatic rings. The summed E-state index contributed by atoms with van der Waals surface area (Å²) in [5.74, 6) is -2.76. The van der Waals surface area contributed by atoms with Crippen LogP contribution in [0.5, 0.6) is 0 Å². The van der Waals surface area contributed by atoms with Crippen LogP contribution in [-0.2, 0) is 0 Å². The van der Waals surface area contributed by atoms with E-state index in [-0.39, 0.29) is 33.1 Å². The van der Waals surface area contributed by atoms with Crippen LogP contribution in [0, 0.1) is 10.1 Å². The van der Waals surface area contributed by atoms with Crippen LogP contribution in [0.1, 0.15) is 31.1 Å². The molecule has 138 valence electrons. The van der Waals surface area contributed by atoms with Crippen molar-refractivity contribution in [2.45, 2.75) is 0 Å². The number of carbonyl (C=O) groups excluding carboxylic acids is 2. The number of halogens is 1. The first kappa shape index (κ1) is 17.6. The van der Waals surface area contributed by atoms with Gasteiger partial charge in [0.25, 0.3) is 17.5 Å². The molecule has 0 spiro atoms. The molecule has 28 heavy (non-hydrogen) atoms. The summed E-state index contributed by atoms with van der Waals surface area (Å²) in [5, 5.41) is 21.1. The standard InChI is InChI=1S/C19H9ClN2O6/c20-15-5-4-10(7-13(15)19(25)26)21-17(23)12-3-1-2-9-6-11(22(27)28)8-14(16(9)12)18(21)24/h1-8H,(H,25,26). The number of nitro groups is 1. The third-order valence-electron chi connectivity index (χ3n) is 4.48. The molecule has 1 heterocycles. The Kier molecular flexibility index (Phi) is 3.86. The van der Waals surface area contributed by atoms with Crippen molar-refractivity contribution in [2.24, 2.45) is 0 Å². The second-order valence-corrected chi connectivity index (χ2v) is 6.48. The van der Waals surface area contributed by atoms with Crippen LogP contribution in [0.15, 0.2) is 48.5 Å². The van der Waals surface area contributed by atoms with Gasteiger partial charge in [-0.3, -0.25) is 19.7 Å². The van der Waals surface area contributed by atoms with Crippen LogP contribution in [0.2, 0.25) is 5.02 Å². The highest BCUT2D eigenvalue weighted by Gasteiger charge is 2.35. The van der Waals surface area contributed by atoms with E-state index in [0.29, 0.717) is 10.8 Å². The van der Waals surface area contributed by atoms with Gasteiger partial charge in [0.2, 0.25) is 0 Å². The van der Waals surface area contributed by atoms with Crippen LogP contribution >= 0.6 is 11.6 Å². The lowest BCUT2D eigenvalue weighted by molar-refractivity contribution is -0.384. The molecule has 8 nitrogen and oxygen atoms in total. The lowest BCUT2D eigenvalue weighted by Crippen LogP contribution is -2.40. The van der Waals surface area contributed by atoms with Gasteiger partial charge < -0.3 is 5.11 Å². The molecule has 0 bridgehead atoms. The molecule has 3 aromatic rings. The molecule has 0 atom stereocenters. The van der Waals surface area contributed by atoms with Crippen molar-refractivity contribution >= 4 is 51.5 Å². The Morgan fingerprint density at radius 1 is 1.04 bits per heavy atom. The van der Waals surface area contributed by atoms with Gasteiger partial charge in [-0.05, 0) is 29.7 Å². The number of rotatable bonds is 3. The summed E-state index contributed by atoms with van der Waals surface area (Å²) in [6.45, 7) is 0. The summed E-state index contributed by atoms with van der Waals surface area (Å²) in [4.78, 5) is 48.8. The van der Waals surface area contributed by atoms with E-state index < -0.39 is 22.7 Å². The minimum absolute atomic E-state index is 0.00552. The average Bonchev–Trinajstić information content (AvgIpc) is 2.66. The van der Waals surface area contributed by atoms with Gasteiger partial charge in [0, 0.05) is 23.1 Å². The monoisotopic (exact) mass is 396 g/mol. The van der Waals surface area contributed by atoms with E-state index in [0.717, 1.165) is 17.0 Å². The molecule has 1 aliphatic heterocycles. The van der Waals surface area contributed by atoms with Gasteiger partial charge in [0.05, 0.1) is 26.8 Å². The predicted octanol–water partition coefficient (Wildman–Crippen LogP) is 3.90. The molecule has 0 aliphatic carbocycles. The number of nitro benzene ring substituents is 1. The molecular formula is C19H9ClN2O6. The molecule has 4 rings (SSSR count). The Morgan fingerprint density at radius 2 is 1.75 bits per heavy atom. The number of benzene rings is 3. The van der Waals surface area contributed by atoms with Crippen LogP contribution in [0.3, 0.4) is 0 Å². The summed E-state index contributed by atoms with van der Waals surface area (Å²) < 4.78 is 0. The number of carboxylic acid groups (broad SMARTS) is 1. The van der Waals surface area contributed by atoms with Crippen molar-refractivity contribution in [1.82, 2.24) is 0 Å². The number of hydrogen-bond donors (Lipinski definition) is 1. The Hall–Kier alpha value is -3.78. The highest BCUT2D eigenvalue weighted by Crippen LogP contribution is 2.36. The van der Waals surface area contributed by atoms with Gasteiger partial charge in [-0.15, -0.1) is 0 Å². The first-order valence-corrected chi connectivity index (χ1v) is 8.30. The van der Waals surface area contributed by atoms with E-state index in [4.69, 9.17) is 11.6 Å². The van der Waals surface area contributed by atoms with Crippen molar-refractivity contribution in [1.29, 1.82) is 0 Å². The molecule has 0 aromatic heterocycles. The number of aromatic carboxylic acids is 1. The number of carbonyl (C=O) groups is 3. The molecule has 2 amide bonds. The summed E-state index contributed by atoms with van der Waals surface area (Å²) in [6.07, 6.45) is 0. The minimum atomic E-state index is -1.32. The molecule has 3 aromatic carbocycles. The van der Waals surface area contributed by atoms with E-state index in [1.807, 2.05) is 0 Å². The number of imide groups is 1. The number of hydrogen-bond acceptors (Lipinski definition) is 5. The maximum Gasteiger partial charge on any atom is 0.337 e. The average molecular weight is 397 g/mol. The lowest BCUT2D eigenvalue weighted by atomic mass is 9.93. The SMILES string of the molecule is O=C(O)c1cc(N2C(=O)c3cccc4cc([N+](=O)[O-])cc(c34)C2=O)ccc1Cl. The van der Waals surface area contributed by atoms with Gasteiger partial charge in [0.1, 0.15) is 0 Å². The summed E-state index contributed by atoms with van der Waals surface area (Å²) in [6, 6.07) is 10.8. The van der Waals surface area contributed by atoms with Gasteiger partial charge in [-0.25, -0.2) is 9.69 Å². The largest absolute Gasteiger partial charge is 0.478 e. The quantitative estimate of drug-likeness (QED) is 0.407. The third kappa shape index (κ3) is 2.50. The van der Waals surface area contributed by atoms with Gasteiger partial charge in [0.15, 0.2) is 0 Å². The van der Waals surface area contributed by atoms with Crippen LogP contribution in [0.4, 0.5) is 11.4 Å². The fourth-order valence-corrected chi connectivity index (χ4v) is 3.45. The molecule has 0 radical (unpaired) electrons. The summed E-state index contributed by atoms with van der Waals surface area (Å²) in [5.41, 5.74) is -0.376. The zero-order chi connectivity index (χ0) is 20.2. The Bertz CT molecular complexity index is 1240. The summed E-state index contributed by atoms with van der Waals surface area (Å²) in [7, 11) is 0. The zero-order valence-electron chi connectivity index (χ0n) is 13.9. The molecule has 0 saturated heterocycles. The third-order valence-corrected chi connectivity index (χ3v) is 4.81. The normalized spacial score (nSPS) is 13.1. The van der Waals surface area contributed by atoms with E-state index >= 15 is 0 Å². The zero-order valence-corrected chi connectivity index (χ0v) is 14.6. The van der Waals surface area contributed by atoms with Crippen LogP contribution < -0.4 is 4.90 Å². The molecule has 9 heteroatoms. The fraction of sp³-hybridized carbons (Fsp3) is 0. The highest BCUT2D eigenvalue weighted by molar-refractivity contribution is 6.37. The second kappa shape index (κ2) is 6.14. The first-order valence-electron chi connectivity index (χ1n) is 7.92. The minimum Gasteiger partial charge on any atom is -0.478 e. The maximum absolute atomic E-state index is 13.1. The topological polar surface area (TPSA) is 118 Å². The van der Waals surface area contributed by atoms with Crippen molar-refractivity contribution in [3.63, 3.8) is 0 Å². The van der Waals surface area contributed by atoms with Gasteiger partial charge >= 0.3 is 5.97 Å². The number of amides is 2. The molecule has 0 saturated carbocycles. The second-order valence-electron chi connectivity index (χ2n) is 6.07. The Balaban J connectivity index is 1.97. The van der Waals surface area contributed by atoms with E-state index in [2.05, 4.69) is 0 Å². The lowest BCUT2D eigenvalue weighted by Gasteiger charge is -2.27. The Labute approximate surface area is 161 Å². The van der Waals surface area contributed by atoms with Gasteiger partial charge in [-0.1, -0.05) is 23.7 Å². The smallest absolute Gasteiger partial charge is 0.337 e. The van der Waals surface area contributed by atoms with Gasteiger partial charge in [-0.2, -0.15) is 0 Å². The van der Waals surface area contributed by atoms with Crippen molar-refractivity contribution < 1.29 is 24.4 Å². The molecule has 0 fully saturated rings. The van der Waals surface area contributed by atoms with E-state index in [1.54, 1.807) is 12.1 Å². The Morgan fingerprint density at radius 3 is 2.43 bits per heavy atom. The van der Waals surface area contributed by atoms with Crippen molar-refractivity contribution in [3.05, 3.63) is 80.4 Å². The number of anilines is 1. The van der Waals surface area contributed by atoms with Crippen LogP contribution in [0.25, 0.3) is 10.8 Å². The maximum atomic E-state index is 13.1. The van der Waals surface area contributed by atoms with E-state index in [9.17, 15) is 29.6 Å². The first-order chi connectivity index (χ1) is 13.3. The number of non-ortho nitro benzene ring substituents is 1.